The van der Waals surface area contributed by atoms with E-state index in [0.717, 1.165) is 17.0 Å². The van der Waals surface area contributed by atoms with Crippen LogP contribution in [0.1, 0.15) is 26.2 Å². The number of hydrogen-bond donors (Lipinski definition) is 0. The molecule has 0 bridgehead atoms. The molecule has 1 fully saturated rings. The Morgan fingerprint density at radius 3 is 3.00 bits per heavy atom. The van der Waals surface area contributed by atoms with Crippen LogP contribution in [-0.2, 0) is 0 Å². The van der Waals surface area contributed by atoms with Crippen molar-refractivity contribution in [1.82, 2.24) is 9.97 Å². The molecule has 0 aromatic carbocycles. The van der Waals surface area contributed by atoms with Crippen LogP contribution in [0.15, 0.2) is 10.7 Å². The van der Waals surface area contributed by atoms with E-state index in [1.807, 2.05) is 0 Å². The summed E-state index contributed by atoms with van der Waals surface area (Å²) in [6.07, 6.45) is 5.42. The molecule has 3 nitrogen and oxygen atoms in total. The van der Waals surface area contributed by atoms with Gasteiger partial charge in [0.15, 0.2) is 0 Å². The highest BCUT2D eigenvalue weighted by Crippen LogP contribution is 2.25. The van der Waals surface area contributed by atoms with Gasteiger partial charge in [-0.05, 0) is 42.1 Å². The third-order valence-corrected chi connectivity index (χ3v) is 3.85. The van der Waals surface area contributed by atoms with Gasteiger partial charge in [-0.15, -0.1) is 0 Å². The number of hydrogen-bond acceptors (Lipinski definition) is 3. The van der Waals surface area contributed by atoms with Gasteiger partial charge in [-0.2, -0.15) is 4.98 Å². The van der Waals surface area contributed by atoms with Crippen LogP contribution >= 0.6 is 27.5 Å². The van der Waals surface area contributed by atoms with Crippen molar-refractivity contribution in [1.29, 1.82) is 0 Å². The largest absolute Gasteiger partial charge is 0.338 e. The maximum absolute atomic E-state index is 5.96. The average molecular weight is 291 g/mol. The van der Waals surface area contributed by atoms with Crippen molar-refractivity contribution < 1.29 is 0 Å². The van der Waals surface area contributed by atoms with E-state index in [-0.39, 0.29) is 0 Å². The zero-order chi connectivity index (χ0) is 10.8. The lowest BCUT2D eigenvalue weighted by molar-refractivity contribution is 0.477. The maximum Gasteiger partial charge on any atom is 0.227 e. The number of rotatable bonds is 1. The van der Waals surface area contributed by atoms with Crippen molar-refractivity contribution in [3.8, 4) is 0 Å². The molecule has 0 saturated carbocycles. The molecule has 1 aromatic rings. The zero-order valence-electron chi connectivity index (χ0n) is 8.58. The molecule has 82 valence electrons. The summed E-state index contributed by atoms with van der Waals surface area (Å²) >= 11 is 9.25. The van der Waals surface area contributed by atoms with Crippen molar-refractivity contribution in [2.75, 3.05) is 11.4 Å². The maximum atomic E-state index is 5.96. The Morgan fingerprint density at radius 1 is 1.53 bits per heavy atom. The monoisotopic (exact) mass is 289 g/mol. The van der Waals surface area contributed by atoms with Crippen molar-refractivity contribution in [2.45, 2.75) is 32.2 Å². The number of anilines is 1. The molecule has 0 aliphatic carbocycles. The first-order valence-corrected chi connectivity index (χ1v) is 6.30. The summed E-state index contributed by atoms with van der Waals surface area (Å²) in [6.45, 7) is 3.23. The first-order valence-electron chi connectivity index (χ1n) is 5.13. The van der Waals surface area contributed by atoms with Crippen molar-refractivity contribution in [3.05, 3.63) is 15.8 Å². The minimum Gasteiger partial charge on any atom is -0.338 e. The van der Waals surface area contributed by atoms with Gasteiger partial charge in [0.1, 0.15) is 5.15 Å². The smallest absolute Gasteiger partial charge is 0.227 e. The fourth-order valence-corrected chi connectivity index (χ4v) is 2.19. The van der Waals surface area contributed by atoms with Gasteiger partial charge in [0.2, 0.25) is 5.95 Å². The van der Waals surface area contributed by atoms with Gasteiger partial charge in [0.25, 0.3) is 0 Å². The van der Waals surface area contributed by atoms with Crippen LogP contribution in [0.5, 0.6) is 0 Å². The van der Waals surface area contributed by atoms with E-state index in [2.05, 4.69) is 37.7 Å². The van der Waals surface area contributed by atoms with Gasteiger partial charge in [-0.1, -0.05) is 11.6 Å². The van der Waals surface area contributed by atoms with Crippen LogP contribution in [0.25, 0.3) is 0 Å². The Kier molecular flexibility index (Phi) is 3.46. The molecule has 5 heteroatoms. The lowest BCUT2D eigenvalue weighted by Gasteiger charge is -2.33. The highest BCUT2D eigenvalue weighted by molar-refractivity contribution is 9.10. The second kappa shape index (κ2) is 4.66. The summed E-state index contributed by atoms with van der Waals surface area (Å²) in [5.41, 5.74) is 0. The Balaban J connectivity index is 2.24. The molecule has 15 heavy (non-hydrogen) atoms. The standard InChI is InChI=1S/C10H13BrClN3/c1-7-4-2-3-5-15(7)10-13-6-8(11)9(12)14-10/h6-7H,2-5H2,1H3. The van der Waals surface area contributed by atoms with Gasteiger partial charge < -0.3 is 4.90 Å². The van der Waals surface area contributed by atoms with Gasteiger partial charge >= 0.3 is 0 Å². The summed E-state index contributed by atoms with van der Waals surface area (Å²) in [4.78, 5) is 10.8. The van der Waals surface area contributed by atoms with Crippen molar-refractivity contribution in [3.63, 3.8) is 0 Å². The van der Waals surface area contributed by atoms with Crippen LogP contribution < -0.4 is 4.90 Å². The predicted octanol–water partition coefficient (Wildman–Crippen LogP) is 3.27. The molecule has 0 spiro atoms. The third-order valence-electron chi connectivity index (χ3n) is 2.75. The molecule has 0 radical (unpaired) electrons. The van der Waals surface area contributed by atoms with Crippen LogP contribution in [0.2, 0.25) is 5.15 Å². The molecule has 1 aromatic heterocycles. The van der Waals surface area contributed by atoms with E-state index in [0.29, 0.717) is 11.2 Å². The van der Waals surface area contributed by atoms with Crippen molar-refractivity contribution >= 4 is 33.5 Å². The molecule has 1 unspecified atom stereocenters. The lowest BCUT2D eigenvalue weighted by atomic mass is 10.0. The summed E-state index contributed by atoms with van der Waals surface area (Å²) in [5.74, 6) is 0.746. The van der Waals surface area contributed by atoms with Crippen LogP contribution in [0.4, 0.5) is 5.95 Å². The number of nitrogens with zero attached hydrogens (tertiary/aromatic N) is 3. The first-order chi connectivity index (χ1) is 7.18. The number of piperidine rings is 1. The van der Waals surface area contributed by atoms with Gasteiger partial charge in [-0.25, -0.2) is 4.98 Å². The topological polar surface area (TPSA) is 29.0 Å². The van der Waals surface area contributed by atoms with Crippen LogP contribution in [0.3, 0.4) is 0 Å². The zero-order valence-corrected chi connectivity index (χ0v) is 10.9. The van der Waals surface area contributed by atoms with Crippen LogP contribution in [0, 0.1) is 0 Å². The molecule has 2 rings (SSSR count). The fourth-order valence-electron chi connectivity index (χ4n) is 1.87. The molecule has 1 aliphatic heterocycles. The summed E-state index contributed by atoms with van der Waals surface area (Å²) in [6, 6.07) is 0.510. The Bertz CT molecular complexity index is 359. The SMILES string of the molecule is CC1CCCCN1c1ncc(Br)c(Cl)n1. The van der Waals surface area contributed by atoms with E-state index < -0.39 is 0 Å². The number of aromatic nitrogens is 2. The quantitative estimate of drug-likeness (QED) is 0.743. The Hall–Kier alpha value is -0.350. The van der Waals surface area contributed by atoms with Gasteiger partial charge in [0, 0.05) is 18.8 Å². The Labute approximate surface area is 103 Å². The molecular formula is C10H13BrClN3. The van der Waals surface area contributed by atoms with Crippen molar-refractivity contribution in [2.24, 2.45) is 0 Å². The van der Waals surface area contributed by atoms with Gasteiger partial charge in [-0.3, -0.25) is 0 Å². The van der Waals surface area contributed by atoms with Crippen LogP contribution in [-0.4, -0.2) is 22.6 Å². The van der Waals surface area contributed by atoms with E-state index in [1.54, 1.807) is 6.20 Å². The molecule has 1 atom stereocenters. The fraction of sp³-hybridized carbons (Fsp3) is 0.600. The second-order valence-corrected chi connectivity index (χ2v) is 5.06. The van der Waals surface area contributed by atoms with E-state index >= 15 is 0 Å². The molecular weight excluding hydrogens is 277 g/mol. The van der Waals surface area contributed by atoms with E-state index in [1.165, 1.54) is 19.3 Å². The lowest BCUT2D eigenvalue weighted by Crippen LogP contribution is -2.38. The molecule has 2 heterocycles. The van der Waals surface area contributed by atoms with E-state index in [9.17, 15) is 0 Å². The predicted molar refractivity (Wildman–Crippen MR) is 65.4 cm³/mol. The minimum absolute atomic E-state index is 0.484. The Morgan fingerprint density at radius 2 is 2.33 bits per heavy atom. The normalized spacial score (nSPS) is 21.8. The summed E-state index contributed by atoms with van der Waals surface area (Å²) in [5, 5.41) is 0.484. The molecule has 1 saturated heterocycles. The molecule has 1 aliphatic rings. The minimum atomic E-state index is 0.484. The number of halogens is 2. The summed E-state index contributed by atoms with van der Waals surface area (Å²) < 4.78 is 0.748. The first kappa shape index (κ1) is 11.1. The summed E-state index contributed by atoms with van der Waals surface area (Å²) in [7, 11) is 0. The highest BCUT2D eigenvalue weighted by atomic mass is 79.9. The highest BCUT2D eigenvalue weighted by Gasteiger charge is 2.21. The average Bonchev–Trinajstić information content (AvgIpc) is 2.23. The van der Waals surface area contributed by atoms with E-state index in [4.69, 9.17) is 11.6 Å². The molecule has 0 amide bonds. The van der Waals surface area contributed by atoms with Gasteiger partial charge in [0.05, 0.1) is 4.47 Å². The third kappa shape index (κ3) is 2.42. The second-order valence-electron chi connectivity index (χ2n) is 3.85. The molecule has 0 N–H and O–H groups in total.